The number of pyridine rings is 1. The topological polar surface area (TPSA) is 128 Å². The van der Waals surface area contributed by atoms with Gasteiger partial charge >= 0.3 is 0 Å². The van der Waals surface area contributed by atoms with Crippen molar-refractivity contribution >= 4 is 34.9 Å². The maximum atomic E-state index is 14.7. The lowest BCUT2D eigenvalue weighted by Gasteiger charge is -2.14. The van der Waals surface area contributed by atoms with Crippen molar-refractivity contribution in [2.24, 2.45) is 0 Å². The van der Waals surface area contributed by atoms with E-state index in [0.717, 1.165) is 11.8 Å². The van der Waals surface area contributed by atoms with E-state index in [4.69, 9.17) is 16.6 Å². The third-order valence-electron chi connectivity index (χ3n) is 4.66. The van der Waals surface area contributed by atoms with Crippen molar-refractivity contribution in [3.63, 3.8) is 0 Å². The number of nitrogen functional groups attached to an aromatic ring is 1. The second kappa shape index (κ2) is 8.70. The van der Waals surface area contributed by atoms with Crippen LogP contribution in [0.1, 0.15) is 32.7 Å². The smallest absolute Gasteiger partial charge is 0.261 e. The molecule has 1 heterocycles. The molecule has 158 valence electrons. The van der Waals surface area contributed by atoms with Crippen molar-refractivity contribution < 1.29 is 13.6 Å². The SMILES string of the molecule is CNc1cc(F)c(C(=O)Nc2ccc(N)c(C(=N)c3ccnc(C)c3)c2)c(F)c1C=N. The number of aromatic nitrogens is 1. The molecule has 3 aromatic rings. The van der Waals surface area contributed by atoms with Crippen LogP contribution in [0.25, 0.3) is 0 Å². The Morgan fingerprint density at radius 2 is 1.94 bits per heavy atom. The van der Waals surface area contributed by atoms with Gasteiger partial charge in [0.25, 0.3) is 5.91 Å². The van der Waals surface area contributed by atoms with Crippen molar-refractivity contribution in [2.75, 3.05) is 23.4 Å². The van der Waals surface area contributed by atoms with Gasteiger partial charge in [-0.05, 0) is 43.3 Å². The van der Waals surface area contributed by atoms with E-state index in [-0.39, 0.29) is 22.6 Å². The largest absolute Gasteiger partial charge is 0.398 e. The van der Waals surface area contributed by atoms with Gasteiger partial charge in [0, 0.05) is 53.3 Å². The third-order valence-corrected chi connectivity index (χ3v) is 4.66. The summed E-state index contributed by atoms with van der Waals surface area (Å²) in [5.74, 6) is -3.24. The molecule has 3 rings (SSSR count). The molecule has 0 saturated carbocycles. The predicted octanol–water partition coefficient (Wildman–Crippen LogP) is 3.96. The number of aryl methyl sites for hydroxylation is 1. The molecule has 0 bridgehead atoms. The molecule has 0 radical (unpaired) electrons. The van der Waals surface area contributed by atoms with E-state index in [1.807, 2.05) is 0 Å². The van der Waals surface area contributed by atoms with Crippen molar-refractivity contribution in [3.8, 4) is 0 Å². The number of halogens is 2. The first-order chi connectivity index (χ1) is 14.8. The molecule has 7 nitrogen and oxygen atoms in total. The molecule has 2 aromatic carbocycles. The molecule has 0 saturated heterocycles. The third kappa shape index (κ3) is 4.25. The monoisotopic (exact) mass is 422 g/mol. The van der Waals surface area contributed by atoms with Crippen LogP contribution in [0.4, 0.5) is 25.8 Å². The zero-order valence-electron chi connectivity index (χ0n) is 16.8. The Hall–Kier alpha value is -4.14. The minimum Gasteiger partial charge on any atom is -0.398 e. The molecule has 0 atom stereocenters. The fourth-order valence-electron chi connectivity index (χ4n) is 3.09. The Morgan fingerprint density at radius 3 is 2.58 bits per heavy atom. The average molecular weight is 422 g/mol. The Morgan fingerprint density at radius 1 is 1.19 bits per heavy atom. The van der Waals surface area contributed by atoms with Gasteiger partial charge in [0.15, 0.2) is 0 Å². The highest BCUT2D eigenvalue weighted by Gasteiger charge is 2.23. The second-order valence-corrected chi connectivity index (χ2v) is 6.72. The number of nitrogens with one attached hydrogen (secondary N) is 4. The lowest BCUT2D eigenvalue weighted by molar-refractivity contribution is 0.101. The number of rotatable bonds is 6. The fraction of sp³-hybridized carbons (Fsp3) is 0.0909. The molecule has 0 spiro atoms. The van der Waals surface area contributed by atoms with Crippen LogP contribution < -0.4 is 16.4 Å². The maximum Gasteiger partial charge on any atom is 0.261 e. The Kier molecular flexibility index (Phi) is 6.05. The van der Waals surface area contributed by atoms with Crippen LogP contribution in [0.15, 0.2) is 42.6 Å². The van der Waals surface area contributed by atoms with Crippen LogP contribution in [0.2, 0.25) is 0 Å². The van der Waals surface area contributed by atoms with Crippen LogP contribution in [0.3, 0.4) is 0 Å². The number of hydrogen-bond acceptors (Lipinski definition) is 6. The maximum absolute atomic E-state index is 14.7. The van der Waals surface area contributed by atoms with E-state index < -0.39 is 23.1 Å². The molecule has 31 heavy (non-hydrogen) atoms. The van der Waals surface area contributed by atoms with Crippen LogP contribution in [-0.2, 0) is 0 Å². The predicted molar refractivity (Wildman–Crippen MR) is 118 cm³/mol. The molecule has 0 unspecified atom stereocenters. The van der Waals surface area contributed by atoms with Crippen molar-refractivity contribution in [1.82, 2.24) is 4.98 Å². The van der Waals surface area contributed by atoms with Gasteiger partial charge in [-0.3, -0.25) is 15.2 Å². The number of amides is 1. The Bertz CT molecular complexity index is 1210. The van der Waals surface area contributed by atoms with Crippen molar-refractivity contribution in [3.05, 3.63) is 82.2 Å². The molecule has 9 heteroatoms. The van der Waals surface area contributed by atoms with Crippen molar-refractivity contribution in [2.45, 2.75) is 6.92 Å². The van der Waals surface area contributed by atoms with Crippen LogP contribution in [0, 0.1) is 29.4 Å². The summed E-state index contributed by atoms with van der Waals surface area (Å²) in [4.78, 5) is 16.7. The van der Waals surface area contributed by atoms with E-state index in [1.54, 1.807) is 25.3 Å². The van der Waals surface area contributed by atoms with E-state index in [0.29, 0.717) is 23.0 Å². The minimum atomic E-state index is -1.15. The highest BCUT2D eigenvalue weighted by molar-refractivity contribution is 6.15. The lowest BCUT2D eigenvalue weighted by atomic mass is 10.0. The number of nitrogens with two attached hydrogens (primary N) is 1. The number of hydrogen-bond donors (Lipinski definition) is 5. The highest BCUT2D eigenvalue weighted by Crippen LogP contribution is 2.26. The number of nitrogens with zero attached hydrogens (tertiary/aromatic N) is 1. The first kappa shape index (κ1) is 21.6. The molecule has 0 fully saturated rings. The first-order valence-electron chi connectivity index (χ1n) is 9.19. The molecule has 0 aliphatic heterocycles. The van der Waals surface area contributed by atoms with Crippen LogP contribution in [-0.4, -0.2) is 29.9 Å². The number of benzene rings is 2. The number of anilines is 3. The minimum absolute atomic E-state index is 0.0532. The van der Waals surface area contributed by atoms with E-state index in [2.05, 4.69) is 15.6 Å². The zero-order valence-corrected chi connectivity index (χ0v) is 16.8. The number of carbonyl (C=O) groups excluding carboxylic acids is 1. The van der Waals surface area contributed by atoms with Crippen molar-refractivity contribution in [1.29, 1.82) is 10.8 Å². The first-order valence-corrected chi connectivity index (χ1v) is 9.19. The van der Waals surface area contributed by atoms with Gasteiger partial charge in [-0.15, -0.1) is 0 Å². The van der Waals surface area contributed by atoms with Gasteiger partial charge in [-0.1, -0.05) is 0 Å². The second-order valence-electron chi connectivity index (χ2n) is 6.72. The average Bonchev–Trinajstić information content (AvgIpc) is 2.74. The quantitative estimate of drug-likeness (QED) is 0.304. The summed E-state index contributed by atoms with van der Waals surface area (Å²) >= 11 is 0. The van der Waals surface area contributed by atoms with Crippen LogP contribution in [0.5, 0.6) is 0 Å². The van der Waals surface area contributed by atoms with Gasteiger partial charge in [0.2, 0.25) is 0 Å². The van der Waals surface area contributed by atoms with Gasteiger partial charge < -0.3 is 21.8 Å². The fourth-order valence-corrected chi connectivity index (χ4v) is 3.09. The molecule has 1 amide bonds. The summed E-state index contributed by atoms with van der Waals surface area (Å²) in [6, 6.07) is 8.76. The molecule has 0 aliphatic carbocycles. The van der Waals surface area contributed by atoms with Gasteiger partial charge in [0.05, 0.1) is 11.3 Å². The molecule has 6 N–H and O–H groups in total. The summed E-state index contributed by atoms with van der Waals surface area (Å²) in [6.45, 7) is 1.79. The molecule has 0 aliphatic rings. The lowest BCUT2D eigenvalue weighted by Crippen LogP contribution is -2.18. The summed E-state index contributed by atoms with van der Waals surface area (Å²) in [5, 5.41) is 20.8. The normalized spacial score (nSPS) is 10.5. The number of carbonyl (C=O) groups is 1. The van der Waals surface area contributed by atoms with Gasteiger partial charge in [-0.2, -0.15) is 0 Å². The summed E-state index contributed by atoms with van der Waals surface area (Å²) in [5.41, 5.74) is 7.29. The standard InChI is InChI=1S/C22H20F2N6O/c1-11-7-12(5-6-29-11)21(27)14-8-13(3-4-17(14)26)30-22(31)19-16(23)9-18(28-2)15(10-25)20(19)24/h3-10,25,27-28H,26H2,1-2H3,(H,30,31). The van der Waals surface area contributed by atoms with Gasteiger partial charge in [-0.25, -0.2) is 8.78 Å². The zero-order chi connectivity index (χ0) is 22.7. The van der Waals surface area contributed by atoms with E-state index >= 15 is 0 Å². The Balaban J connectivity index is 1.96. The molecular weight excluding hydrogens is 402 g/mol. The van der Waals surface area contributed by atoms with E-state index in [1.165, 1.54) is 25.2 Å². The molecular formula is C22H20F2N6O. The van der Waals surface area contributed by atoms with Gasteiger partial charge in [0.1, 0.15) is 17.2 Å². The highest BCUT2D eigenvalue weighted by atomic mass is 19.1. The Labute approximate surface area is 177 Å². The summed E-state index contributed by atoms with van der Waals surface area (Å²) in [6.07, 6.45) is 2.28. The summed E-state index contributed by atoms with van der Waals surface area (Å²) < 4.78 is 29.1. The molecule has 1 aromatic heterocycles. The summed E-state index contributed by atoms with van der Waals surface area (Å²) in [7, 11) is 1.45. The van der Waals surface area contributed by atoms with E-state index in [9.17, 15) is 13.6 Å². The van der Waals surface area contributed by atoms with Crippen LogP contribution >= 0.6 is 0 Å².